The number of carbonyl (C=O) groups excluding carboxylic acids is 2. The van der Waals surface area contributed by atoms with Gasteiger partial charge in [-0.15, -0.1) is 6.42 Å². The molecule has 0 spiro atoms. The standard InChI is InChI=1S/C21H18FN3O.C14H14BrFN2O.C7H5BrFNO2.C7H13NO.C7H5N.CH4/c1-21(2)9-8-18-24-17-12-14(6-7-15-5-3-4-10-23-15)11-16(22)19(17)20(26)25(18)13-21;1-14(2)4-3-11-17-10-6-8(15)5-9(16)12(10)13(19)18(11)7-14;8-4-1-5(9)7(12-3-11)6(10)2-4;1-7(2)4-3-6(9)8-5-7;1-2-7-5-3-4-6-8-7;/h3-5,10-12H,8-9,13H2,1-2H3;5-6H,3-4,7H2,1-2H3;1-3H,10H2;3-5H2,1-2H3,(H,8,9);1,3-6H;1H4. The highest BCUT2D eigenvalue weighted by atomic mass is 79.9. The van der Waals surface area contributed by atoms with Crippen LogP contribution in [0.5, 0.6) is 5.75 Å². The quantitative estimate of drug-likeness (QED) is 0.0962. The van der Waals surface area contributed by atoms with Gasteiger partial charge in [0.25, 0.3) is 17.6 Å². The van der Waals surface area contributed by atoms with E-state index in [1.165, 1.54) is 18.2 Å². The summed E-state index contributed by atoms with van der Waals surface area (Å²) in [5.74, 6) is 7.90. The van der Waals surface area contributed by atoms with Crippen LogP contribution in [-0.2, 0) is 35.5 Å². The van der Waals surface area contributed by atoms with Crippen LogP contribution in [0.2, 0.25) is 0 Å². The zero-order valence-corrected chi connectivity index (χ0v) is 45.0. The minimum Gasteiger partial charge on any atom is -0.423 e. The Morgan fingerprint density at radius 3 is 1.67 bits per heavy atom. The molecule has 3 aliphatic rings. The Kier molecular flexibility index (Phi) is 19.9. The third-order valence-electron chi connectivity index (χ3n) is 12.2. The normalized spacial score (nSPS) is 15.1. The van der Waals surface area contributed by atoms with Gasteiger partial charge in [0, 0.05) is 65.8 Å². The molecule has 7 heterocycles. The first-order valence-corrected chi connectivity index (χ1v) is 25.1. The second-order valence-corrected chi connectivity index (χ2v) is 21.9. The molecule has 0 bridgehead atoms. The van der Waals surface area contributed by atoms with Crippen molar-refractivity contribution in [3.8, 4) is 29.9 Å². The van der Waals surface area contributed by atoms with E-state index in [2.05, 4.69) is 121 Å². The van der Waals surface area contributed by atoms with E-state index in [0.29, 0.717) is 68.3 Å². The molecule has 3 aliphatic heterocycles. The SMILES string of the molecule is C.C#Cc1ccccn1.CC1(C)CCC(=O)NC1.CC1(C)CCc2nc3cc(Br)cc(F)c3c(=O)n2C1.CC1(C)CCc2nc3cc(C#Cc4ccccn4)cc(F)c3c(=O)n2C1.Nc1cc(Br)cc(F)c1OC=O. The highest BCUT2D eigenvalue weighted by Crippen LogP contribution is 2.32. The summed E-state index contributed by atoms with van der Waals surface area (Å²) < 4.78 is 50.2. The molecule has 0 aliphatic carbocycles. The number of carbonyl (C=O) groups is 2. The molecular formula is C57H59Br2F3N8O5. The summed E-state index contributed by atoms with van der Waals surface area (Å²) in [6.45, 7) is 14.9. The number of hydrogen-bond donors (Lipinski definition) is 2. The lowest BCUT2D eigenvalue weighted by Crippen LogP contribution is -2.39. The van der Waals surface area contributed by atoms with E-state index in [4.69, 9.17) is 12.2 Å². The molecule has 1 amide bonds. The average molecular weight is 1150 g/mol. The van der Waals surface area contributed by atoms with Crippen molar-refractivity contribution in [2.24, 2.45) is 16.2 Å². The number of nitrogens with zero attached hydrogens (tertiary/aromatic N) is 6. The topological polar surface area (TPSA) is 177 Å². The predicted octanol–water partition coefficient (Wildman–Crippen LogP) is 10.9. The zero-order chi connectivity index (χ0) is 54.0. The maximum atomic E-state index is 14.7. The molecule has 4 aromatic heterocycles. The largest absolute Gasteiger partial charge is 0.423 e. The molecule has 392 valence electrons. The first-order chi connectivity index (χ1) is 35.0. The van der Waals surface area contributed by atoms with Crippen molar-refractivity contribution < 1.29 is 27.5 Å². The minimum atomic E-state index is -0.672. The number of nitrogens with one attached hydrogen (secondary N) is 1. The van der Waals surface area contributed by atoms with E-state index < -0.39 is 17.5 Å². The van der Waals surface area contributed by atoms with Crippen LogP contribution < -0.4 is 26.9 Å². The van der Waals surface area contributed by atoms with Gasteiger partial charge in [-0.3, -0.25) is 28.3 Å². The first kappa shape index (κ1) is 58.7. The lowest BCUT2D eigenvalue weighted by molar-refractivity contribution is -0.124. The number of rotatable bonds is 2. The molecule has 75 heavy (non-hydrogen) atoms. The molecule has 1 saturated heterocycles. The molecule has 0 atom stereocenters. The molecule has 0 radical (unpaired) electrons. The third kappa shape index (κ3) is 15.9. The Morgan fingerprint density at radius 1 is 0.693 bits per heavy atom. The number of piperidine rings is 1. The molecule has 3 aromatic carbocycles. The number of aryl methyl sites for hydroxylation is 2. The van der Waals surface area contributed by atoms with E-state index >= 15 is 0 Å². The number of terminal acetylenes is 1. The second-order valence-electron chi connectivity index (χ2n) is 20.1. The van der Waals surface area contributed by atoms with Crippen LogP contribution in [0.25, 0.3) is 21.8 Å². The summed E-state index contributed by atoms with van der Waals surface area (Å²) >= 11 is 6.27. The molecular weight excluding hydrogens is 1090 g/mol. The van der Waals surface area contributed by atoms with E-state index in [1.54, 1.807) is 45.8 Å². The Labute approximate surface area is 451 Å². The maximum Gasteiger partial charge on any atom is 0.298 e. The number of pyridine rings is 2. The lowest BCUT2D eigenvalue weighted by Gasteiger charge is -2.31. The molecule has 13 nitrogen and oxygen atoms in total. The molecule has 0 saturated carbocycles. The number of nitrogens with two attached hydrogens (primary N) is 1. The van der Waals surface area contributed by atoms with Gasteiger partial charge in [-0.1, -0.05) is 105 Å². The van der Waals surface area contributed by atoms with Gasteiger partial charge >= 0.3 is 0 Å². The smallest absolute Gasteiger partial charge is 0.298 e. The number of benzene rings is 3. The van der Waals surface area contributed by atoms with E-state index in [0.717, 1.165) is 49.9 Å². The van der Waals surface area contributed by atoms with Crippen LogP contribution in [0.15, 0.2) is 104 Å². The summed E-state index contributed by atoms with van der Waals surface area (Å²) in [4.78, 5) is 62.8. The van der Waals surface area contributed by atoms with Gasteiger partial charge in [0.1, 0.15) is 45.4 Å². The summed E-state index contributed by atoms with van der Waals surface area (Å²) in [6, 6.07) is 19.5. The predicted molar refractivity (Wildman–Crippen MR) is 294 cm³/mol. The summed E-state index contributed by atoms with van der Waals surface area (Å²) in [5.41, 5.74) is 7.82. The maximum absolute atomic E-state index is 14.7. The van der Waals surface area contributed by atoms with Crippen LogP contribution >= 0.6 is 31.9 Å². The number of aromatic nitrogens is 6. The number of hydrogen-bond acceptors (Lipinski definition) is 10. The molecule has 10 rings (SSSR count). The second kappa shape index (κ2) is 25.4. The number of amides is 1. The number of nitrogen functional groups attached to an aromatic ring is 1. The van der Waals surface area contributed by atoms with Gasteiger partial charge in [-0.25, -0.2) is 33.1 Å². The van der Waals surface area contributed by atoms with Crippen LogP contribution in [0.1, 0.15) is 103 Å². The van der Waals surface area contributed by atoms with Crippen LogP contribution in [0.3, 0.4) is 0 Å². The number of halogens is 5. The van der Waals surface area contributed by atoms with Crippen LogP contribution in [0, 0.1) is 57.9 Å². The minimum absolute atomic E-state index is 0. The fourth-order valence-corrected chi connectivity index (χ4v) is 8.96. The highest BCUT2D eigenvalue weighted by Gasteiger charge is 2.30. The fraction of sp³-hybridized carbons (Fsp3) is 0.333. The molecule has 1 fully saturated rings. The average Bonchev–Trinajstić information content (AvgIpc) is 3.34. The fourth-order valence-electron chi connectivity index (χ4n) is 8.09. The summed E-state index contributed by atoms with van der Waals surface area (Å²) in [6.07, 6.45) is 13.5. The van der Waals surface area contributed by atoms with Gasteiger partial charge in [0.05, 0.1) is 16.7 Å². The number of fused-ring (bicyclic) bond motifs is 4. The van der Waals surface area contributed by atoms with E-state index in [-0.39, 0.29) is 64.0 Å². The monoisotopic (exact) mass is 1150 g/mol. The Balaban J connectivity index is 0.000000186. The lowest BCUT2D eigenvalue weighted by atomic mass is 9.85. The van der Waals surface area contributed by atoms with Crippen LogP contribution in [-0.4, -0.2) is 48.0 Å². The Morgan fingerprint density at radius 2 is 1.20 bits per heavy atom. The third-order valence-corrected chi connectivity index (χ3v) is 13.1. The van der Waals surface area contributed by atoms with E-state index in [9.17, 15) is 32.3 Å². The van der Waals surface area contributed by atoms with Crippen molar-refractivity contribution in [2.45, 2.75) is 101 Å². The first-order valence-electron chi connectivity index (χ1n) is 23.5. The number of anilines is 1. The van der Waals surface area contributed by atoms with Crippen molar-refractivity contribution in [3.63, 3.8) is 0 Å². The van der Waals surface area contributed by atoms with Gasteiger partial charge < -0.3 is 15.8 Å². The Bertz CT molecular complexity index is 3410. The van der Waals surface area contributed by atoms with Gasteiger partial charge in [0.2, 0.25) is 5.91 Å². The number of ether oxygens (including phenoxy) is 1. The van der Waals surface area contributed by atoms with Gasteiger partial charge in [-0.2, -0.15) is 0 Å². The van der Waals surface area contributed by atoms with Crippen molar-refractivity contribution in [2.75, 3.05) is 12.3 Å². The molecule has 18 heteroatoms. The molecule has 7 aromatic rings. The van der Waals surface area contributed by atoms with Gasteiger partial charge in [-0.05, 0) is 102 Å². The van der Waals surface area contributed by atoms with Crippen molar-refractivity contribution in [3.05, 3.63) is 161 Å². The summed E-state index contributed by atoms with van der Waals surface area (Å²) in [7, 11) is 0. The summed E-state index contributed by atoms with van der Waals surface area (Å²) in [5, 5.41) is 2.96. The van der Waals surface area contributed by atoms with Crippen LogP contribution in [0.4, 0.5) is 18.9 Å². The zero-order valence-electron chi connectivity index (χ0n) is 41.8. The Hall–Kier alpha value is -7.15. The van der Waals surface area contributed by atoms with Gasteiger partial charge in [0.15, 0.2) is 11.6 Å². The van der Waals surface area contributed by atoms with Crippen molar-refractivity contribution >= 4 is 71.7 Å². The highest BCUT2D eigenvalue weighted by molar-refractivity contribution is 9.10. The van der Waals surface area contributed by atoms with Crippen molar-refractivity contribution in [1.82, 2.24) is 34.4 Å². The molecule has 3 N–H and O–H groups in total. The van der Waals surface area contributed by atoms with Crippen molar-refractivity contribution in [1.29, 1.82) is 0 Å². The molecule has 0 unspecified atom stereocenters. The van der Waals surface area contributed by atoms with E-state index in [1.807, 2.05) is 24.3 Å².